The zero-order valence-corrected chi connectivity index (χ0v) is 12.2. The van der Waals surface area contributed by atoms with Crippen molar-refractivity contribution in [2.24, 2.45) is 0 Å². The van der Waals surface area contributed by atoms with E-state index in [9.17, 15) is 13.5 Å². The van der Waals surface area contributed by atoms with Crippen molar-refractivity contribution in [3.05, 3.63) is 0 Å². The highest BCUT2D eigenvalue weighted by Gasteiger charge is 2.25. The lowest BCUT2D eigenvalue weighted by Crippen LogP contribution is -2.45. The van der Waals surface area contributed by atoms with Gasteiger partial charge in [-0.3, -0.25) is 0 Å². The molecule has 0 saturated heterocycles. The number of aliphatic hydroxyl groups is 1. The van der Waals surface area contributed by atoms with Crippen LogP contribution >= 0.6 is 0 Å². The molecule has 1 rings (SSSR count). The molecule has 1 aliphatic carbocycles. The van der Waals surface area contributed by atoms with Crippen LogP contribution in [0.15, 0.2) is 0 Å². The molecule has 1 fully saturated rings. The van der Waals surface area contributed by atoms with Crippen LogP contribution in [0.1, 0.15) is 46.0 Å². The lowest BCUT2D eigenvalue weighted by atomic mass is 10.1. The Hall–Kier alpha value is -0.170. The van der Waals surface area contributed by atoms with Crippen LogP contribution in [0.5, 0.6) is 0 Å². The molecule has 108 valence electrons. The van der Waals surface area contributed by atoms with E-state index in [1.54, 1.807) is 0 Å². The monoisotopic (exact) mass is 278 g/mol. The van der Waals surface area contributed by atoms with Gasteiger partial charge in [0.25, 0.3) is 0 Å². The van der Waals surface area contributed by atoms with Crippen LogP contribution in [-0.2, 0) is 10.0 Å². The molecule has 6 heteroatoms. The summed E-state index contributed by atoms with van der Waals surface area (Å²) in [4.78, 5) is 0. The third-order valence-electron chi connectivity index (χ3n) is 3.23. The number of hydrogen-bond donors (Lipinski definition) is 3. The Kier molecular flexibility index (Phi) is 6.55. The van der Waals surface area contributed by atoms with Crippen LogP contribution in [0, 0.1) is 0 Å². The molecule has 0 heterocycles. The number of nitrogens with one attached hydrogen (secondary N) is 2. The third kappa shape index (κ3) is 6.13. The highest BCUT2D eigenvalue weighted by molar-refractivity contribution is 7.89. The van der Waals surface area contributed by atoms with Gasteiger partial charge < -0.3 is 10.4 Å². The maximum atomic E-state index is 11.9. The molecule has 5 nitrogen and oxygen atoms in total. The summed E-state index contributed by atoms with van der Waals surface area (Å²) in [6.07, 6.45) is 3.92. The van der Waals surface area contributed by atoms with E-state index in [1.165, 1.54) is 0 Å². The Balaban J connectivity index is 2.42. The van der Waals surface area contributed by atoms with Crippen LogP contribution in [0.2, 0.25) is 0 Å². The van der Waals surface area contributed by atoms with Gasteiger partial charge in [0.2, 0.25) is 10.0 Å². The van der Waals surface area contributed by atoms with Crippen molar-refractivity contribution in [1.82, 2.24) is 10.0 Å². The topological polar surface area (TPSA) is 78.4 Å². The summed E-state index contributed by atoms with van der Waals surface area (Å²) in [5.41, 5.74) is 0. The minimum absolute atomic E-state index is 0.0639. The molecule has 18 heavy (non-hydrogen) atoms. The van der Waals surface area contributed by atoms with Crippen molar-refractivity contribution < 1.29 is 13.5 Å². The van der Waals surface area contributed by atoms with Crippen molar-refractivity contribution in [2.45, 2.75) is 64.1 Å². The van der Waals surface area contributed by atoms with E-state index < -0.39 is 16.1 Å². The summed E-state index contributed by atoms with van der Waals surface area (Å²) in [5.74, 6) is 0.0639. The Labute approximate surface area is 110 Å². The second-order valence-electron chi connectivity index (χ2n) is 5.36. The molecule has 0 amide bonds. The fraction of sp³-hybridized carbons (Fsp3) is 1.00. The van der Waals surface area contributed by atoms with Crippen molar-refractivity contribution in [3.8, 4) is 0 Å². The maximum Gasteiger partial charge on any atom is 0.213 e. The van der Waals surface area contributed by atoms with E-state index in [0.717, 1.165) is 25.7 Å². The summed E-state index contributed by atoms with van der Waals surface area (Å²) >= 11 is 0. The molecule has 0 aromatic rings. The molecule has 3 N–H and O–H groups in total. The normalized spacial score (nSPS) is 26.2. The van der Waals surface area contributed by atoms with Gasteiger partial charge in [-0.2, -0.15) is 0 Å². The molecular formula is C12H26N2O3S. The second kappa shape index (κ2) is 7.43. The fourth-order valence-electron chi connectivity index (χ4n) is 2.20. The summed E-state index contributed by atoms with van der Waals surface area (Å²) in [7, 11) is -3.30. The first-order valence-electron chi connectivity index (χ1n) is 6.82. The number of hydrogen-bond acceptors (Lipinski definition) is 4. The van der Waals surface area contributed by atoms with Crippen molar-refractivity contribution in [2.75, 3.05) is 12.3 Å². The van der Waals surface area contributed by atoms with Gasteiger partial charge in [-0.15, -0.1) is 0 Å². The first kappa shape index (κ1) is 15.9. The summed E-state index contributed by atoms with van der Waals surface area (Å²) in [5, 5.41) is 13.0. The predicted octanol–water partition coefficient (Wildman–Crippen LogP) is 0.597. The summed E-state index contributed by atoms with van der Waals surface area (Å²) < 4.78 is 26.4. The minimum atomic E-state index is -3.30. The van der Waals surface area contributed by atoms with Gasteiger partial charge in [0.15, 0.2) is 0 Å². The SMILES string of the molecule is CC(C)NCCS(=O)(=O)NC1CCCCCC1O. The zero-order chi connectivity index (χ0) is 13.6. The quantitative estimate of drug-likeness (QED) is 0.622. The van der Waals surface area contributed by atoms with E-state index in [0.29, 0.717) is 13.0 Å². The Morgan fingerprint density at radius 3 is 2.56 bits per heavy atom. The largest absolute Gasteiger partial charge is 0.391 e. The standard InChI is InChI=1S/C12H26N2O3S/c1-10(2)13-8-9-18(16,17)14-11-6-4-3-5-7-12(11)15/h10-15H,3-9H2,1-2H3. The first-order valence-corrected chi connectivity index (χ1v) is 8.47. The van der Waals surface area contributed by atoms with Gasteiger partial charge in [-0.25, -0.2) is 13.1 Å². The zero-order valence-electron chi connectivity index (χ0n) is 11.4. The van der Waals surface area contributed by atoms with E-state index >= 15 is 0 Å². The third-order valence-corrected chi connectivity index (χ3v) is 4.64. The molecule has 0 radical (unpaired) electrons. The Morgan fingerprint density at radius 2 is 1.89 bits per heavy atom. The van der Waals surface area contributed by atoms with Gasteiger partial charge in [0, 0.05) is 18.6 Å². The highest BCUT2D eigenvalue weighted by Crippen LogP contribution is 2.18. The molecule has 0 aliphatic heterocycles. The molecule has 2 atom stereocenters. The van der Waals surface area contributed by atoms with Crippen LogP contribution in [0.25, 0.3) is 0 Å². The number of rotatable bonds is 6. The van der Waals surface area contributed by atoms with Crippen LogP contribution in [0.4, 0.5) is 0 Å². The van der Waals surface area contributed by atoms with Gasteiger partial charge in [-0.1, -0.05) is 33.1 Å². The lowest BCUT2D eigenvalue weighted by molar-refractivity contribution is 0.130. The number of aliphatic hydroxyl groups excluding tert-OH is 1. The molecule has 2 unspecified atom stereocenters. The molecule has 0 aromatic heterocycles. The average Bonchev–Trinajstić information content (AvgIpc) is 2.43. The van der Waals surface area contributed by atoms with Gasteiger partial charge >= 0.3 is 0 Å². The van der Waals surface area contributed by atoms with Crippen molar-refractivity contribution in [1.29, 1.82) is 0 Å². The van der Waals surface area contributed by atoms with Gasteiger partial charge in [0.1, 0.15) is 0 Å². The van der Waals surface area contributed by atoms with E-state index in [4.69, 9.17) is 0 Å². The molecule has 1 saturated carbocycles. The summed E-state index contributed by atoms with van der Waals surface area (Å²) in [6.45, 7) is 4.40. The van der Waals surface area contributed by atoms with Crippen LogP contribution in [-0.4, -0.2) is 44.0 Å². The first-order chi connectivity index (χ1) is 8.41. The second-order valence-corrected chi connectivity index (χ2v) is 7.23. The van der Waals surface area contributed by atoms with Crippen molar-refractivity contribution >= 4 is 10.0 Å². The summed E-state index contributed by atoms with van der Waals surface area (Å²) in [6, 6.07) is -0.0276. The molecular weight excluding hydrogens is 252 g/mol. The van der Waals surface area contributed by atoms with Crippen LogP contribution in [0.3, 0.4) is 0 Å². The molecule has 0 aromatic carbocycles. The van der Waals surface area contributed by atoms with Crippen molar-refractivity contribution in [3.63, 3.8) is 0 Å². The highest BCUT2D eigenvalue weighted by atomic mass is 32.2. The molecule has 0 spiro atoms. The fourth-order valence-corrected chi connectivity index (χ4v) is 3.44. The average molecular weight is 278 g/mol. The van der Waals surface area contributed by atoms with Crippen LogP contribution < -0.4 is 10.0 Å². The minimum Gasteiger partial charge on any atom is -0.391 e. The van der Waals surface area contributed by atoms with E-state index in [1.807, 2.05) is 13.8 Å². The molecule has 0 bridgehead atoms. The van der Waals surface area contributed by atoms with Gasteiger partial charge in [0.05, 0.1) is 11.9 Å². The van der Waals surface area contributed by atoms with E-state index in [2.05, 4.69) is 10.0 Å². The maximum absolute atomic E-state index is 11.9. The Bertz CT molecular complexity index is 330. The lowest BCUT2D eigenvalue weighted by Gasteiger charge is -2.21. The van der Waals surface area contributed by atoms with Gasteiger partial charge in [-0.05, 0) is 12.8 Å². The molecule has 1 aliphatic rings. The number of sulfonamides is 1. The van der Waals surface area contributed by atoms with E-state index in [-0.39, 0.29) is 17.8 Å². The Morgan fingerprint density at radius 1 is 1.22 bits per heavy atom. The smallest absolute Gasteiger partial charge is 0.213 e. The predicted molar refractivity (Wildman–Crippen MR) is 72.9 cm³/mol.